The van der Waals surface area contributed by atoms with Crippen molar-refractivity contribution >= 4 is 0 Å². The van der Waals surface area contributed by atoms with Crippen molar-refractivity contribution < 1.29 is 8.78 Å². The van der Waals surface area contributed by atoms with Crippen LogP contribution in [0.15, 0.2) is 18.2 Å². The molecule has 0 aliphatic heterocycles. The molecule has 78 valence electrons. The summed E-state index contributed by atoms with van der Waals surface area (Å²) in [6, 6.07) is 3.60. The Hall–Kier alpha value is -0.960. The Balaban J connectivity index is 2.94. The standard InChI is InChI=1S/C11H15F2N/c1-7(6-14)8(2)9-3-10(12)5-11(13)4-9/h3-5,7-8H,6,14H2,1-2H3. The molecule has 1 rings (SSSR count). The Labute approximate surface area is 82.9 Å². The van der Waals surface area contributed by atoms with Crippen LogP contribution in [0.5, 0.6) is 0 Å². The Bertz CT molecular complexity index is 292. The smallest absolute Gasteiger partial charge is 0.126 e. The van der Waals surface area contributed by atoms with Crippen LogP contribution in [-0.2, 0) is 0 Å². The van der Waals surface area contributed by atoms with Crippen molar-refractivity contribution in [1.82, 2.24) is 0 Å². The minimum atomic E-state index is -0.531. The second-order valence-corrected chi connectivity index (χ2v) is 3.70. The molecule has 2 atom stereocenters. The van der Waals surface area contributed by atoms with Gasteiger partial charge in [0, 0.05) is 6.07 Å². The number of halogens is 2. The number of benzene rings is 1. The first kappa shape index (κ1) is 11.1. The van der Waals surface area contributed by atoms with Crippen molar-refractivity contribution in [1.29, 1.82) is 0 Å². The lowest BCUT2D eigenvalue weighted by atomic mass is 9.89. The first-order chi connectivity index (χ1) is 6.54. The molecule has 0 radical (unpaired) electrons. The molecule has 0 saturated carbocycles. The van der Waals surface area contributed by atoms with E-state index >= 15 is 0 Å². The van der Waals surface area contributed by atoms with Crippen LogP contribution in [0.3, 0.4) is 0 Å². The van der Waals surface area contributed by atoms with E-state index in [1.807, 2.05) is 13.8 Å². The minimum Gasteiger partial charge on any atom is -0.330 e. The van der Waals surface area contributed by atoms with Gasteiger partial charge >= 0.3 is 0 Å². The highest BCUT2D eigenvalue weighted by atomic mass is 19.1. The molecule has 0 amide bonds. The minimum absolute atomic E-state index is 0.0743. The van der Waals surface area contributed by atoms with Crippen molar-refractivity contribution in [3.05, 3.63) is 35.4 Å². The summed E-state index contributed by atoms with van der Waals surface area (Å²) in [7, 11) is 0. The quantitative estimate of drug-likeness (QED) is 0.795. The van der Waals surface area contributed by atoms with Crippen LogP contribution in [0, 0.1) is 17.6 Å². The van der Waals surface area contributed by atoms with Gasteiger partial charge in [0.25, 0.3) is 0 Å². The molecule has 0 heterocycles. The summed E-state index contributed by atoms with van der Waals surface area (Å²) >= 11 is 0. The lowest BCUT2D eigenvalue weighted by Gasteiger charge is -2.18. The van der Waals surface area contributed by atoms with Gasteiger partial charge in [0.15, 0.2) is 0 Å². The molecule has 1 aromatic carbocycles. The normalized spacial score (nSPS) is 15.2. The van der Waals surface area contributed by atoms with Gasteiger partial charge in [-0.2, -0.15) is 0 Å². The third kappa shape index (κ3) is 2.51. The molecule has 0 saturated heterocycles. The van der Waals surface area contributed by atoms with Gasteiger partial charge in [0.2, 0.25) is 0 Å². The molecule has 3 heteroatoms. The monoisotopic (exact) mass is 199 g/mol. The van der Waals surface area contributed by atoms with Gasteiger partial charge in [-0.1, -0.05) is 13.8 Å². The molecule has 0 spiro atoms. The Morgan fingerprint density at radius 3 is 2.07 bits per heavy atom. The zero-order valence-electron chi connectivity index (χ0n) is 8.43. The first-order valence-corrected chi connectivity index (χ1v) is 4.70. The summed E-state index contributed by atoms with van der Waals surface area (Å²) in [5.41, 5.74) is 6.17. The SMILES string of the molecule is CC(CN)C(C)c1cc(F)cc(F)c1. The molecule has 2 N–H and O–H groups in total. The zero-order valence-corrected chi connectivity index (χ0v) is 8.43. The number of hydrogen-bond donors (Lipinski definition) is 1. The lowest BCUT2D eigenvalue weighted by Crippen LogP contribution is -2.17. The van der Waals surface area contributed by atoms with Gasteiger partial charge < -0.3 is 5.73 Å². The molecular weight excluding hydrogens is 184 g/mol. The highest BCUT2D eigenvalue weighted by Gasteiger charge is 2.14. The maximum atomic E-state index is 12.9. The predicted octanol–water partition coefficient (Wildman–Crippen LogP) is 2.66. The fraction of sp³-hybridized carbons (Fsp3) is 0.455. The van der Waals surface area contributed by atoms with Crippen molar-refractivity contribution in [3.63, 3.8) is 0 Å². The second-order valence-electron chi connectivity index (χ2n) is 3.70. The van der Waals surface area contributed by atoms with E-state index in [-0.39, 0.29) is 11.8 Å². The van der Waals surface area contributed by atoms with E-state index in [0.717, 1.165) is 6.07 Å². The van der Waals surface area contributed by atoms with E-state index in [1.165, 1.54) is 12.1 Å². The largest absolute Gasteiger partial charge is 0.330 e. The molecule has 1 aromatic rings. The van der Waals surface area contributed by atoms with Crippen molar-refractivity contribution in [2.75, 3.05) is 6.54 Å². The van der Waals surface area contributed by atoms with E-state index in [0.29, 0.717) is 12.1 Å². The fourth-order valence-corrected chi connectivity index (χ4v) is 1.37. The number of hydrogen-bond acceptors (Lipinski definition) is 1. The third-order valence-corrected chi connectivity index (χ3v) is 2.64. The molecule has 0 aliphatic carbocycles. The van der Waals surface area contributed by atoms with Crippen LogP contribution in [-0.4, -0.2) is 6.54 Å². The van der Waals surface area contributed by atoms with E-state index in [2.05, 4.69) is 0 Å². The van der Waals surface area contributed by atoms with E-state index in [4.69, 9.17) is 5.73 Å². The van der Waals surface area contributed by atoms with Crippen molar-refractivity contribution in [2.45, 2.75) is 19.8 Å². The van der Waals surface area contributed by atoms with E-state index < -0.39 is 11.6 Å². The van der Waals surface area contributed by atoms with Crippen LogP contribution in [0.1, 0.15) is 25.3 Å². The van der Waals surface area contributed by atoms with Gasteiger partial charge in [0.05, 0.1) is 0 Å². The number of rotatable bonds is 3. The lowest BCUT2D eigenvalue weighted by molar-refractivity contribution is 0.490. The highest BCUT2D eigenvalue weighted by molar-refractivity contribution is 5.21. The average molecular weight is 199 g/mol. The van der Waals surface area contributed by atoms with Gasteiger partial charge in [-0.15, -0.1) is 0 Å². The first-order valence-electron chi connectivity index (χ1n) is 4.70. The molecule has 0 fully saturated rings. The Kier molecular flexibility index (Phi) is 3.58. The molecule has 1 nitrogen and oxygen atoms in total. The molecule has 0 aliphatic rings. The average Bonchev–Trinajstić information content (AvgIpc) is 2.14. The molecular formula is C11H15F2N. The highest BCUT2D eigenvalue weighted by Crippen LogP contribution is 2.24. The van der Waals surface area contributed by atoms with Crippen LogP contribution < -0.4 is 5.73 Å². The van der Waals surface area contributed by atoms with Crippen LogP contribution in [0.4, 0.5) is 8.78 Å². The van der Waals surface area contributed by atoms with Crippen LogP contribution >= 0.6 is 0 Å². The molecule has 0 aromatic heterocycles. The third-order valence-electron chi connectivity index (χ3n) is 2.64. The summed E-state index contributed by atoms with van der Waals surface area (Å²) in [5.74, 6) is -0.770. The van der Waals surface area contributed by atoms with Crippen LogP contribution in [0.25, 0.3) is 0 Å². The maximum absolute atomic E-state index is 12.9. The Morgan fingerprint density at radius 2 is 1.64 bits per heavy atom. The summed E-state index contributed by atoms with van der Waals surface area (Å²) in [6.07, 6.45) is 0. The topological polar surface area (TPSA) is 26.0 Å². The second kappa shape index (κ2) is 4.51. The fourth-order valence-electron chi connectivity index (χ4n) is 1.37. The van der Waals surface area contributed by atoms with Crippen molar-refractivity contribution in [2.24, 2.45) is 11.7 Å². The summed E-state index contributed by atoms with van der Waals surface area (Å²) in [4.78, 5) is 0. The summed E-state index contributed by atoms with van der Waals surface area (Å²) < 4.78 is 25.8. The molecule has 2 unspecified atom stereocenters. The van der Waals surface area contributed by atoms with E-state index in [9.17, 15) is 8.78 Å². The maximum Gasteiger partial charge on any atom is 0.126 e. The van der Waals surface area contributed by atoms with E-state index in [1.54, 1.807) is 0 Å². The Morgan fingerprint density at radius 1 is 1.14 bits per heavy atom. The van der Waals surface area contributed by atoms with Crippen molar-refractivity contribution in [3.8, 4) is 0 Å². The van der Waals surface area contributed by atoms with Gasteiger partial charge in [0.1, 0.15) is 11.6 Å². The summed E-state index contributed by atoms with van der Waals surface area (Å²) in [5, 5.41) is 0. The van der Waals surface area contributed by atoms with Gasteiger partial charge in [-0.3, -0.25) is 0 Å². The molecule has 14 heavy (non-hydrogen) atoms. The van der Waals surface area contributed by atoms with Gasteiger partial charge in [-0.25, -0.2) is 8.78 Å². The van der Waals surface area contributed by atoms with Crippen LogP contribution in [0.2, 0.25) is 0 Å². The predicted molar refractivity (Wildman–Crippen MR) is 53.0 cm³/mol. The zero-order chi connectivity index (χ0) is 10.7. The summed E-state index contributed by atoms with van der Waals surface area (Å²) in [6.45, 7) is 4.40. The number of nitrogens with two attached hydrogens (primary N) is 1. The molecule has 0 bridgehead atoms. The van der Waals surface area contributed by atoms with Gasteiger partial charge in [-0.05, 0) is 36.1 Å².